The lowest BCUT2D eigenvalue weighted by atomic mass is 10.00. The van der Waals surface area contributed by atoms with Gasteiger partial charge >= 0.3 is 0 Å². The van der Waals surface area contributed by atoms with E-state index in [0.29, 0.717) is 0 Å². The van der Waals surface area contributed by atoms with Gasteiger partial charge in [0.25, 0.3) is 0 Å². The molecule has 2 fully saturated rings. The molecule has 106 valence electrons. The first-order chi connectivity index (χ1) is 9.29. The first-order valence-corrected chi connectivity index (χ1v) is 7.56. The van der Waals surface area contributed by atoms with Crippen LogP contribution in [0.4, 0.5) is 0 Å². The monoisotopic (exact) mass is 263 g/mol. The predicted molar refractivity (Wildman–Crippen MR) is 75.9 cm³/mol. The Hall–Kier alpha value is -0.840. The molecule has 3 rings (SSSR count). The van der Waals surface area contributed by atoms with Crippen LogP contribution in [0.5, 0.6) is 0 Å². The Morgan fingerprint density at radius 1 is 1.42 bits per heavy atom. The lowest BCUT2D eigenvalue weighted by Crippen LogP contribution is -2.54. The summed E-state index contributed by atoms with van der Waals surface area (Å²) in [5.74, 6) is 1.03. The van der Waals surface area contributed by atoms with Gasteiger partial charge in [-0.2, -0.15) is 0 Å². The van der Waals surface area contributed by atoms with E-state index in [-0.39, 0.29) is 12.1 Å². The average Bonchev–Trinajstić information content (AvgIpc) is 3.08. The zero-order chi connectivity index (χ0) is 13.2. The maximum atomic E-state index is 6.36. The van der Waals surface area contributed by atoms with Gasteiger partial charge in [-0.3, -0.25) is 9.80 Å². The molecular formula is C15H25N3O. The average molecular weight is 263 g/mol. The molecule has 4 heteroatoms. The minimum absolute atomic E-state index is 0.152. The molecule has 3 atom stereocenters. The summed E-state index contributed by atoms with van der Waals surface area (Å²) < 4.78 is 5.65. The third kappa shape index (κ3) is 2.57. The lowest BCUT2D eigenvalue weighted by Gasteiger charge is -2.42. The summed E-state index contributed by atoms with van der Waals surface area (Å²) in [6, 6.07) is 5.16. The molecule has 2 aliphatic heterocycles. The summed E-state index contributed by atoms with van der Waals surface area (Å²) in [5, 5.41) is 0. The van der Waals surface area contributed by atoms with Crippen molar-refractivity contribution in [3.63, 3.8) is 0 Å². The number of piperazine rings is 1. The van der Waals surface area contributed by atoms with Crippen LogP contribution in [-0.4, -0.2) is 48.1 Å². The van der Waals surface area contributed by atoms with E-state index < -0.39 is 0 Å². The third-order valence-corrected chi connectivity index (χ3v) is 4.72. The minimum Gasteiger partial charge on any atom is -0.468 e. The van der Waals surface area contributed by atoms with Crippen LogP contribution in [0.25, 0.3) is 0 Å². The molecule has 0 aliphatic carbocycles. The molecule has 0 bridgehead atoms. The smallest absolute Gasteiger partial charge is 0.122 e. The maximum absolute atomic E-state index is 6.36. The van der Waals surface area contributed by atoms with Crippen molar-refractivity contribution in [2.45, 2.75) is 44.3 Å². The largest absolute Gasteiger partial charge is 0.468 e. The number of nitrogens with zero attached hydrogens (tertiary/aromatic N) is 2. The molecular weight excluding hydrogens is 238 g/mol. The van der Waals surface area contributed by atoms with Gasteiger partial charge in [0.2, 0.25) is 0 Å². The fourth-order valence-corrected chi connectivity index (χ4v) is 3.61. The zero-order valence-electron chi connectivity index (χ0n) is 11.8. The van der Waals surface area contributed by atoms with Gasteiger partial charge in [0.1, 0.15) is 5.76 Å². The van der Waals surface area contributed by atoms with Gasteiger partial charge in [0, 0.05) is 31.7 Å². The number of fused-ring (bicyclic) bond motifs is 1. The number of rotatable bonds is 4. The van der Waals surface area contributed by atoms with E-state index in [0.717, 1.165) is 31.3 Å². The van der Waals surface area contributed by atoms with Crippen LogP contribution < -0.4 is 5.73 Å². The Bertz CT molecular complexity index is 392. The molecule has 0 radical (unpaired) electrons. The van der Waals surface area contributed by atoms with Crippen LogP contribution in [0.15, 0.2) is 22.8 Å². The van der Waals surface area contributed by atoms with Crippen molar-refractivity contribution in [2.75, 3.05) is 26.2 Å². The minimum atomic E-state index is 0.152. The molecule has 0 aromatic carbocycles. The van der Waals surface area contributed by atoms with Crippen molar-refractivity contribution >= 4 is 0 Å². The fourth-order valence-electron chi connectivity index (χ4n) is 3.61. The highest BCUT2D eigenvalue weighted by molar-refractivity contribution is 5.09. The summed E-state index contributed by atoms with van der Waals surface area (Å²) in [7, 11) is 0. The molecule has 1 aromatic heterocycles. The van der Waals surface area contributed by atoms with Gasteiger partial charge in [-0.15, -0.1) is 0 Å². The Kier molecular flexibility index (Phi) is 3.91. The van der Waals surface area contributed by atoms with Gasteiger partial charge in [-0.1, -0.05) is 6.92 Å². The Labute approximate surface area is 115 Å². The van der Waals surface area contributed by atoms with Crippen LogP contribution in [0.3, 0.4) is 0 Å². The van der Waals surface area contributed by atoms with Gasteiger partial charge in [0.15, 0.2) is 0 Å². The normalized spacial score (nSPS) is 28.2. The second kappa shape index (κ2) is 5.65. The van der Waals surface area contributed by atoms with E-state index in [1.54, 1.807) is 6.26 Å². The topological polar surface area (TPSA) is 45.6 Å². The first kappa shape index (κ1) is 13.2. The Balaban J connectivity index is 1.76. The van der Waals surface area contributed by atoms with E-state index in [1.807, 2.05) is 6.07 Å². The molecule has 19 heavy (non-hydrogen) atoms. The molecule has 0 saturated carbocycles. The zero-order valence-corrected chi connectivity index (χ0v) is 11.8. The summed E-state index contributed by atoms with van der Waals surface area (Å²) in [5.41, 5.74) is 6.36. The summed E-state index contributed by atoms with van der Waals surface area (Å²) in [6.45, 7) is 6.86. The van der Waals surface area contributed by atoms with Gasteiger partial charge in [-0.25, -0.2) is 0 Å². The van der Waals surface area contributed by atoms with Crippen molar-refractivity contribution in [3.8, 4) is 0 Å². The van der Waals surface area contributed by atoms with Crippen LogP contribution in [-0.2, 0) is 0 Å². The lowest BCUT2D eigenvalue weighted by molar-refractivity contribution is 0.0524. The molecule has 2 saturated heterocycles. The molecule has 3 unspecified atom stereocenters. The number of nitrogens with two attached hydrogens (primary N) is 1. The van der Waals surface area contributed by atoms with Gasteiger partial charge in [-0.05, 0) is 37.9 Å². The molecule has 0 amide bonds. The van der Waals surface area contributed by atoms with E-state index in [2.05, 4.69) is 22.8 Å². The summed E-state index contributed by atoms with van der Waals surface area (Å²) in [6.07, 6.45) is 5.43. The quantitative estimate of drug-likeness (QED) is 0.900. The summed E-state index contributed by atoms with van der Waals surface area (Å²) >= 11 is 0. The third-order valence-electron chi connectivity index (χ3n) is 4.72. The van der Waals surface area contributed by atoms with Crippen LogP contribution in [0.1, 0.15) is 38.0 Å². The van der Waals surface area contributed by atoms with Crippen LogP contribution >= 0.6 is 0 Å². The molecule has 2 aliphatic rings. The van der Waals surface area contributed by atoms with E-state index >= 15 is 0 Å². The highest BCUT2D eigenvalue weighted by Gasteiger charge is 2.36. The standard InChI is InChI=1S/C15H25N3O/c1-2-13(16)15(14-6-4-10-19-14)18-9-8-17-7-3-5-12(17)11-18/h4,6,10,12-13,15H,2-3,5,7-9,11,16H2,1H3. The van der Waals surface area contributed by atoms with Gasteiger partial charge < -0.3 is 10.2 Å². The molecule has 1 aromatic rings. The number of hydrogen-bond donors (Lipinski definition) is 1. The van der Waals surface area contributed by atoms with Crippen molar-refractivity contribution < 1.29 is 4.42 Å². The SMILES string of the molecule is CCC(N)C(c1ccco1)N1CCN2CCCC2C1. The second-order valence-corrected chi connectivity index (χ2v) is 5.86. The van der Waals surface area contributed by atoms with E-state index in [4.69, 9.17) is 10.2 Å². The molecule has 2 N–H and O–H groups in total. The highest BCUT2D eigenvalue weighted by atomic mass is 16.3. The molecule has 4 nitrogen and oxygen atoms in total. The van der Waals surface area contributed by atoms with Gasteiger partial charge in [0.05, 0.1) is 12.3 Å². The van der Waals surface area contributed by atoms with Crippen molar-refractivity contribution in [2.24, 2.45) is 5.73 Å². The predicted octanol–water partition coefficient (Wildman–Crippen LogP) is 1.84. The summed E-state index contributed by atoms with van der Waals surface area (Å²) in [4.78, 5) is 5.17. The maximum Gasteiger partial charge on any atom is 0.122 e. The van der Waals surface area contributed by atoms with Crippen molar-refractivity contribution in [3.05, 3.63) is 24.2 Å². The Morgan fingerprint density at radius 2 is 2.32 bits per heavy atom. The van der Waals surface area contributed by atoms with Crippen molar-refractivity contribution in [1.82, 2.24) is 9.80 Å². The van der Waals surface area contributed by atoms with E-state index in [1.165, 1.54) is 25.9 Å². The first-order valence-electron chi connectivity index (χ1n) is 7.56. The van der Waals surface area contributed by atoms with Crippen LogP contribution in [0, 0.1) is 0 Å². The van der Waals surface area contributed by atoms with E-state index in [9.17, 15) is 0 Å². The molecule has 3 heterocycles. The van der Waals surface area contributed by atoms with Crippen LogP contribution in [0.2, 0.25) is 0 Å². The highest BCUT2D eigenvalue weighted by Crippen LogP contribution is 2.30. The number of furan rings is 1. The number of hydrogen-bond acceptors (Lipinski definition) is 4. The fraction of sp³-hybridized carbons (Fsp3) is 0.733. The van der Waals surface area contributed by atoms with Crippen molar-refractivity contribution in [1.29, 1.82) is 0 Å². The Morgan fingerprint density at radius 3 is 3.05 bits per heavy atom. The molecule has 0 spiro atoms. The second-order valence-electron chi connectivity index (χ2n) is 5.86.